The van der Waals surface area contributed by atoms with Crippen LogP contribution in [0, 0.1) is 23.0 Å². The summed E-state index contributed by atoms with van der Waals surface area (Å²) in [4.78, 5) is 81.1. The van der Waals surface area contributed by atoms with Crippen LogP contribution in [0.5, 0.6) is 0 Å². The van der Waals surface area contributed by atoms with Gasteiger partial charge in [-0.2, -0.15) is 0 Å². The Labute approximate surface area is 372 Å². The summed E-state index contributed by atoms with van der Waals surface area (Å²) in [6.07, 6.45) is 5.84. The Morgan fingerprint density at radius 2 is 1.65 bits per heavy atom. The van der Waals surface area contributed by atoms with E-state index in [1.807, 2.05) is 55.7 Å². The van der Waals surface area contributed by atoms with Crippen LogP contribution in [-0.4, -0.2) is 109 Å². The van der Waals surface area contributed by atoms with Gasteiger partial charge < -0.3 is 29.5 Å². The van der Waals surface area contributed by atoms with Crippen LogP contribution in [0.4, 0.5) is 13.6 Å². The van der Waals surface area contributed by atoms with Crippen molar-refractivity contribution in [1.29, 1.82) is 0 Å². The molecule has 13 nitrogen and oxygen atoms in total. The SMILES string of the molecule is CC(C)(C)OC(=O)N1CCC(CN(C(=O)CSC[C@H](NC(=O)CCCCCN2C(=O)C=CC2=O)C(=O)O)[C@@H](c2cc(-c3cc(F)ccc3F)cn2Cc2ccccc2)C(C)(C)C)C1. The summed E-state index contributed by atoms with van der Waals surface area (Å²) < 4.78 is 37.5. The molecule has 2 aromatic carbocycles. The molecule has 1 saturated heterocycles. The molecule has 3 heterocycles. The summed E-state index contributed by atoms with van der Waals surface area (Å²) >= 11 is 1.08. The number of carbonyl (C=O) groups is 6. The van der Waals surface area contributed by atoms with Gasteiger partial charge in [-0.3, -0.25) is 24.1 Å². The van der Waals surface area contributed by atoms with Gasteiger partial charge >= 0.3 is 12.1 Å². The second kappa shape index (κ2) is 21.2. The molecule has 1 fully saturated rings. The van der Waals surface area contributed by atoms with Crippen molar-refractivity contribution in [3.05, 3.63) is 95.8 Å². The molecule has 3 atom stereocenters. The normalized spacial score (nSPS) is 16.3. The van der Waals surface area contributed by atoms with Crippen molar-refractivity contribution in [2.45, 2.75) is 97.9 Å². The highest BCUT2D eigenvalue weighted by Gasteiger charge is 2.40. The predicted octanol–water partition coefficient (Wildman–Crippen LogP) is 7.44. The number of halogens is 2. The van der Waals surface area contributed by atoms with Crippen molar-refractivity contribution in [3.63, 3.8) is 0 Å². The first-order chi connectivity index (χ1) is 29.7. The molecule has 0 bridgehead atoms. The molecule has 2 aliphatic heterocycles. The molecule has 0 saturated carbocycles. The number of carboxylic acid groups (broad SMARTS) is 1. The topological polar surface area (TPSA) is 159 Å². The Morgan fingerprint density at radius 3 is 2.30 bits per heavy atom. The number of unbranched alkanes of at least 4 members (excludes halogenated alkanes) is 2. The average molecular weight is 892 g/mol. The van der Waals surface area contributed by atoms with Gasteiger partial charge in [-0.05, 0) is 81.2 Å². The number of thioether (sulfide) groups is 1. The Balaban J connectivity index is 1.37. The summed E-state index contributed by atoms with van der Waals surface area (Å²) in [7, 11) is 0. The number of nitrogens with one attached hydrogen (secondary N) is 1. The van der Waals surface area contributed by atoms with Crippen LogP contribution >= 0.6 is 11.8 Å². The van der Waals surface area contributed by atoms with Gasteiger partial charge in [0.15, 0.2) is 0 Å². The fraction of sp³-hybridized carbons (Fsp3) is 0.489. The molecule has 16 heteroatoms. The molecule has 2 aliphatic rings. The molecular weight excluding hydrogens is 833 g/mol. The summed E-state index contributed by atoms with van der Waals surface area (Å²) in [5.74, 6) is -4.36. The minimum atomic E-state index is -1.28. The number of hydrogen-bond donors (Lipinski definition) is 2. The van der Waals surface area contributed by atoms with E-state index in [4.69, 9.17) is 4.74 Å². The Kier molecular flexibility index (Phi) is 16.4. The number of aromatic nitrogens is 1. The number of carbonyl (C=O) groups excluding carboxylic acids is 5. The zero-order valence-corrected chi connectivity index (χ0v) is 37.7. The third-order valence-corrected chi connectivity index (χ3v) is 11.8. The highest BCUT2D eigenvalue weighted by atomic mass is 32.2. The maximum absolute atomic E-state index is 15.4. The van der Waals surface area contributed by atoms with Crippen molar-refractivity contribution in [3.8, 4) is 11.1 Å². The van der Waals surface area contributed by atoms with Crippen LogP contribution in [-0.2, 0) is 35.3 Å². The minimum Gasteiger partial charge on any atom is -0.480 e. The molecule has 2 N–H and O–H groups in total. The van der Waals surface area contributed by atoms with Crippen LogP contribution < -0.4 is 5.32 Å². The molecule has 0 radical (unpaired) electrons. The minimum absolute atomic E-state index is 0.0421. The van der Waals surface area contributed by atoms with Crippen molar-refractivity contribution in [2.75, 3.05) is 37.7 Å². The summed E-state index contributed by atoms with van der Waals surface area (Å²) in [6, 6.07) is 12.8. The van der Waals surface area contributed by atoms with Crippen LogP contribution in [0.1, 0.15) is 90.9 Å². The number of hydrogen-bond acceptors (Lipinski definition) is 8. The fourth-order valence-corrected chi connectivity index (χ4v) is 8.81. The van der Waals surface area contributed by atoms with Gasteiger partial charge in [0.1, 0.15) is 23.3 Å². The molecule has 5 rings (SSSR count). The molecule has 0 aliphatic carbocycles. The molecule has 5 amide bonds. The van der Waals surface area contributed by atoms with Crippen molar-refractivity contribution in [2.24, 2.45) is 11.3 Å². The smallest absolute Gasteiger partial charge is 0.410 e. The van der Waals surface area contributed by atoms with E-state index in [0.717, 1.165) is 40.4 Å². The van der Waals surface area contributed by atoms with Gasteiger partial charge in [-0.25, -0.2) is 18.4 Å². The Morgan fingerprint density at radius 1 is 0.952 bits per heavy atom. The second-order valence-electron chi connectivity index (χ2n) is 18.2. The Bertz CT molecular complexity index is 2150. The van der Waals surface area contributed by atoms with E-state index in [1.165, 1.54) is 12.2 Å². The van der Waals surface area contributed by atoms with Crippen LogP contribution in [0.3, 0.4) is 0 Å². The molecule has 1 aromatic heterocycles. The number of rotatable bonds is 19. The predicted molar refractivity (Wildman–Crippen MR) is 236 cm³/mol. The fourth-order valence-electron chi connectivity index (χ4n) is 7.89. The lowest BCUT2D eigenvalue weighted by Crippen LogP contribution is -2.46. The first kappa shape index (κ1) is 48.5. The van der Waals surface area contributed by atoms with Gasteiger partial charge in [0.25, 0.3) is 11.8 Å². The highest BCUT2D eigenvalue weighted by molar-refractivity contribution is 8.00. The van der Waals surface area contributed by atoms with Gasteiger partial charge in [-0.1, -0.05) is 57.5 Å². The van der Waals surface area contributed by atoms with E-state index in [2.05, 4.69) is 5.32 Å². The third-order valence-electron chi connectivity index (χ3n) is 10.8. The number of nitrogens with zero attached hydrogens (tertiary/aromatic N) is 4. The monoisotopic (exact) mass is 891 g/mol. The van der Waals surface area contributed by atoms with Gasteiger partial charge in [0.2, 0.25) is 11.8 Å². The molecule has 63 heavy (non-hydrogen) atoms. The lowest BCUT2D eigenvalue weighted by molar-refractivity contribution is -0.141. The first-order valence-corrected chi connectivity index (χ1v) is 22.5. The molecule has 1 unspecified atom stereocenters. The number of amides is 5. The zero-order valence-electron chi connectivity index (χ0n) is 36.9. The molecule has 340 valence electrons. The van der Waals surface area contributed by atoms with Crippen molar-refractivity contribution >= 4 is 47.5 Å². The van der Waals surface area contributed by atoms with E-state index < -0.39 is 52.7 Å². The standard InChI is InChI=1S/C47H59F2N5O8S/c1-46(2,3)43(38-23-33(35-24-34(48)16-17-36(35)49)28-52(38)25-31-13-9-7-10-14-31)54(27-32-20-22-51(26-32)45(61)62-47(4,5)6)42(58)30-63-29-37(44(59)60)50-39(55)15-11-8-12-21-53-40(56)18-19-41(53)57/h7,9-10,13-14,16-19,23-24,28,32,37,43H,8,11-12,15,20-22,25-27,29-30H2,1-6H3,(H,50,55)(H,59,60)/t32?,37-,43-/m0/s1. The highest BCUT2D eigenvalue weighted by Crippen LogP contribution is 2.42. The van der Waals surface area contributed by atoms with Crippen LogP contribution in [0.15, 0.2) is 72.9 Å². The summed E-state index contributed by atoms with van der Waals surface area (Å²) in [5, 5.41) is 12.6. The maximum Gasteiger partial charge on any atom is 0.410 e. The largest absolute Gasteiger partial charge is 0.480 e. The molecule has 0 spiro atoms. The van der Waals surface area contributed by atoms with Gasteiger partial charge in [-0.15, -0.1) is 11.8 Å². The second-order valence-corrected chi connectivity index (χ2v) is 19.3. The van der Waals surface area contributed by atoms with Gasteiger partial charge in [0, 0.05) is 80.1 Å². The zero-order chi connectivity index (χ0) is 46.1. The Hall–Kier alpha value is -5.51. The lowest BCUT2D eigenvalue weighted by atomic mass is 9.82. The van der Waals surface area contributed by atoms with Crippen molar-refractivity contribution < 1.29 is 47.4 Å². The molecular formula is C47H59F2N5O8S. The van der Waals surface area contributed by atoms with E-state index in [1.54, 1.807) is 42.8 Å². The number of benzene rings is 2. The number of ether oxygens (including phenoxy) is 1. The number of likely N-dealkylation sites (tertiary alicyclic amines) is 1. The van der Waals surface area contributed by atoms with E-state index in [9.17, 15) is 38.3 Å². The first-order valence-electron chi connectivity index (χ1n) is 21.3. The maximum atomic E-state index is 15.4. The van der Waals surface area contributed by atoms with Gasteiger partial charge in [0.05, 0.1) is 11.8 Å². The lowest BCUT2D eigenvalue weighted by Gasteiger charge is -2.42. The number of carboxylic acids is 1. The summed E-state index contributed by atoms with van der Waals surface area (Å²) in [6.45, 7) is 13.0. The van der Waals surface area contributed by atoms with E-state index in [0.29, 0.717) is 56.6 Å². The van der Waals surface area contributed by atoms with Crippen LogP contribution in [0.2, 0.25) is 0 Å². The summed E-state index contributed by atoms with van der Waals surface area (Å²) in [5.41, 5.74) is 0.791. The number of imide groups is 1. The number of aliphatic carboxylic acids is 1. The van der Waals surface area contributed by atoms with Crippen LogP contribution in [0.25, 0.3) is 11.1 Å². The average Bonchev–Trinajstić information content (AvgIpc) is 3.93. The van der Waals surface area contributed by atoms with Crippen molar-refractivity contribution in [1.82, 2.24) is 24.6 Å². The van der Waals surface area contributed by atoms with E-state index >= 15 is 4.39 Å². The molecule has 3 aromatic rings. The van der Waals surface area contributed by atoms with E-state index in [-0.39, 0.29) is 60.2 Å². The third kappa shape index (κ3) is 13.7. The quantitative estimate of drug-likeness (QED) is 0.0922.